The van der Waals surface area contributed by atoms with E-state index in [1.165, 1.54) is 146 Å². The summed E-state index contributed by atoms with van der Waals surface area (Å²) in [5.41, 5.74) is 27.6. The highest BCUT2D eigenvalue weighted by molar-refractivity contribution is 7.25. The van der Waals surface area contributed by atoms with Crippen molar-refractivity contribution >= 4 is 162 Å². The molecule has 0 radical (unpaired) electrons. The monoisotopic (exact) mass is 1510 g/mol. The Balaban J connectivity index is 0.684. The second-order valence-electron chi connectivity index (χ2n) is 31.5. The Labute approximate surface area is 682 Å². The van der Waals surface area contributed by atoms with E-state index in [0.29, 0.717) is 0 Å². The molecule has 0 fully saturated rings. The van der Waals surface area contributed by atoms with Crippen LogP contribution in [0.3, 0.4) is 0 Å². The fourth-order valence-electron chi connectivity index (χ4n) is 19.9. The van der Waals surface area contributed by atoms with Crippen LogP contribution in [0.25, 0.3) is 256 Å². The summed E-state index contributed by atoms with van der Waals surface area (Å²) in [6.07, 6.45) is 0. The molecule has 0 saturated carbocycles. The summed E-state index contributed by atoms with van der Waals surface area (Å²) in [5.74, 6) is 0. The molecule has 0 aliphatic carbocycles. The van der Waals surface area contributed by atoms with Gasteiger partial charge in [-0.25, -0.2) is 0 Å². The highest BCUT2D eigenvalue weighted by atomic mass is 32.1. The zero-order valence-electron chi connectivity index (χ0n) is 63.9. The number of thiophene rings is 1. The molecule has 546 valence electrons. The van der Waals surface area contributed by atoms with Gasteiger partial charge < -0.3 is 13.4 Å². The van der Waals surface area contributed by atoms with E-state index in [-0.39, 0.29) is 0 Å². The van der Waals surface area contributed by atoms with Crippen LogP contribution in [-0.4, -0.2) is 4.57 Å². The first-order valence-electron chi connectivity index (χ1n) is 40.6. The number of rotatable bonds is 10. The normalized spacial score (nSPS) is 12.1. The average Bonchev–Trinajstić information content (AvgIpc) is 1.02. The maximum absolute atomic E-state index is 7.28. The lowest BCUT2D eigenvalue weighted by Crippen LogP contribution is -1.95. The molecule has 0 amide bonds. The second kappa shape index (κ2) is 26.2. The summed E-state index contributed by atoms with van der Waals surface area (Å²) in [7, 11) is 0. The van der Waals surface area contributed by atoms with Crippen molar-refractivity contribution in [1.29, 1.82) is 0 Å². The van der Waals surface area contributed by atoms with Gasteiger partial charge in [0, 0.05) is 58.2 Å². The van der Waals surface area contributed by atoms with E-state index in [2.05, 4.69) is 411 Å². The van der Waals surface area contributed by atoms with Gasteiger partial charge in [0.15, 0.2) is 0 Å². The van der Waals surface area contributed by atoms with Crippen molar-refractivity contribution in [3.05, 3.63) is 406 Å². The lowest BCUT2D eigenvalue weighted by molar-refractivity contribution is 0.669. The quantitative estimate of drug-likeness (QED) is 0.128. The molecular formula is C114H67NO2S. The maximum atomic E-state index is 7.28. The van der Waals surface area contributed by atoms with E-state index in [1.54, 1.807) is 0 Å². The molecule has 118 heavy (non-hydrogen) atoms. The largest absolute Gasteiger partial charge is 0.456 e. The third-order valence-corrected chi connectivity index (χ3v) is 26.3. The van der Waals surface area contributed by atoms with Gasteiger partial charge in [-0.3, -0.25) is 0 Å². The smallest absolute Gasteiger partial charge is 0.136 e. The minimum Gasteiger partial charge on any atom is -0.456 e. The fourth-order valence-corrected chi connectivity index (χ4v) is 21.0. The maximum Gasteiger partial charge on any atom is 0.136 e. The van der Waals surface area contributed by atoms with Gasteiger partial charge in [-0.2, -0.15) is 0 Å². The highest BCUT2D eigenvalue weighted by Gasteiger charge is 2.28. The topological polar surface area (TPSA) is 31.2 Å². The number of aromatic nitrogens is 1. The first kappa shape index (κ1) is 66.3. The summed E-state index contributed by atoms with van der Waals surface area (Å²) >= 11 is 1.86. The van der Waals surface area contributed by atoms with Crippen LogP contribution >= 0.6 is 11.3 Å². The molecule has 0 aliphatic rings. The Morgan fingerprint density at radius 1 is 0.169 bits per heavy atom. The van der Waals surface area contributed by atoms with E-state index in [1.807, 2.05) is 11.3 Å². The number of fused-ring (bicyclic) bond motifs is 18. The molecule has 0 spiro atoms. The molecular weight excluding hydrogens is 1450 g/mol. The van der Waals surface area contributed by atoms with E-state index in [4.69, 9.17) is 8.83 Å². The molecule has 4 heteroatoms. The van der Waals surface area contributed by atoms with Gasteiger partial charge in [0.2, 0.25) is 0 Å². The van der Waals surface area contributed by atoms with Crippen molar-refractivity contribution in [2.45, 2.75) is 0 Å². The molecule has 25 rings (SSSR count). The number of nitrogens with zero attached hydrogens (tertiary/aromatic N) is 1. The minimum absolute atomic E-state index is 0.828. The van der Waals surface area contributed by atoms with Crippen molar-refractivity contribution in [2.24, 2.45) is 0 Å². The Morgan fingerprint density at radius 3 is 1.30 bits per heavy atom. The molecule has 0 N–H and O–H groups in total. The number of hydrogen-bond acceptors (Lipinski definition) is 3. The number of benzene rings is 21. The Hall–Kier alpha value is -15.2. The van der Waals surface area contributed by atoms with Crippen LogP contribution in [0.2, 0.25) is 0 Å². The zero-order chi connectivity index (χ0) is 77.2. The van der Waals surface area contributed by atoms with E-state index < -0.39 is 0 Å². The van der Waals surface area contributed by atoms with Crippen LogP contribution < -0.4 is 0 Å². The molecule has 21 aromatic carbocycles. The predicted molar refractivity (Wildman–Crippen MR) is 502 cm³/mol. The van der Waals surface area contributed by atoms with Gasteiger partial charge in [0.1, 0.15) is 22.3 Å². The highest BCUT2D eigenvalue weighted by Crippen LogP contribution is 2.55. The van der Waals surface area contributed by atoms with Crippen LogP contribution in [-0.2, 0) is 0 Å². The SMILES string of the molecule is c1ccc(-n2c3ccccc3c3ccc(-c4ccccc4-c4c5ccccc5c(-c5cc6oc7ccc(-c8ccc(-c9c%10ccccc%10c(-c%10cc%11oc%12ccccc%12c%11cc%10-c%10cccc%11ccccc%10%11)c%10ccccc9%10)c(-c9ccc%10sc%11ccccc%11c%10c9)c8)cc7c6cc5-c5ccc6ccccc6c5)c5ccccc45)cc32)cc1. The van der Waals surface area contributed by atoms with Crippen LogP contribution in [0.1, 0.15) is 0 Å². The lowest BCUT2D eigenvalue weighted by Gasteiger charge is -2.22. The molecule has 25 aromatic rings. The van der Waals surface area contributed by atoms with Crippen LogP contribution in [0.15, 0.2) is 415 Å². The van der Waals surface area contributed by atoms with E-state index >= 15 is 0 Å². The molecule has 0 saturated heterocycles. The standard InChI is InChI=1S/C114H67NO2S/c1-2-29-76(30-3-1)115-103-46-21-18-33-80(103)81-55-52-75(63-104(81)115)78-32-8-9-36-84(78)111-85-37-10-14-41-89(85)113(90-42-15-11-38-86(90)111)101-66-108-99(64-95(101)73-50-49-68-25-4-5-27-70(68)59-73)97-61-72(53-57-106(97)117-108)71-51-56-93(94(60-71)74-54-58-110-100(62-74)83-35-20-23-48-109(83)118-110)112-87-39-12-16-43-91(87)114(92-44-17-13-40-88(92)112)102-67-107-98(82-34-19-22-47-105(82)116-107)65-96(102)79-45-24-28-69-26-6-7-31-77(69)79/h1-67H. The van der Waals surface area contributed by atoms with Gasteiger partial charge in [0.05, 0.1) is 11.0 Å². The summed E-state index contributed by atoms with van der Waals surface area (Å²) in [5, 5.41) is 23.5. The van der Waals surface area contributed by atoms with Gasteiger partial charge in [-0.15, -0.1) is 11.3 Å². The molecule has 0 bridgehead atoms. The van der Waals surface area contributed by atoms with Crippen molar-refractivity contribution in [2.75, 3.05) is 0 Å². The van der Waals surface area contributed by atoms with Gasteiger partial charge in [-0.05, 0) is 262 Å². The van der Waals surface area contributed by atoms with Gasteiger partial charge >= 0.3 is 0 Å². The van der Waals surface area contributed by atoms with E-state index in [9.17, 15) is 0 Å². The van der Waals surface area contributed by atoms with Crippen LogP contribution in [0.4, 0.5) is 0 Å². The van der Waals surface area contributed by atoms with Crippen molar-refractivity contribution in [3.63, 3.8) is 0 Å². The van der Waals surface area contributed by atoms with Crippen molar-refractivity contribution in [3.8, 4) is 106 Å². The number of furan rings is 2. The molecule has 0 aliphatic heterocycles. The Kier molecular flexibility index (Phi) is 14.7. The second-order valence-corrected chi connectivity index (χ2v) is 32.6. The van der Waals surface area contributed by atoms with Crippen LogP contribution in [0.5, 0.6) is 0 Å². The van der Waals surface area contributed by atoms with Crippen LogP contribution in [0, 0.1) is 0 Å². The zero-order valence-corrected chi connectivity index (χ0v) is 64.7. The third-order valence-electron chi connectivity index (χ3n) is 25.2. The summed E-state index contributed by atoms with van der Waals surface area (Å²) in [4.78, 5) is 0. The summed E-state index contributed by atoms with van der Waals surface area (Å²) in [6, 6.07) is 151. The Morgan fingerprint density at radius 2 is 0.593 bits per heavy atom. The molecule has 4 heterocycles. The van der Waals surface area contributed by atoms with Crippen molar-refractivity contribution in [1.82, 2.24) is 4.57 Å². The minimum atomic E-state index is 0.828. The summed E-state index contributed by atoms with van der Waals surface area (Å²) in [6.45, 7) is 0. The third kappa shape index (κ3) is 10.2. The molecule has 4 aromatic heterocycles. The predicted octanol–water partition coefficient (Wildman–Crippen LogP) is 32.9. The Bertz CT molecular complexity index is 8460. The van der Waals surface area contributed by atoms with Gasteiger partial charge in [-0.1, -0.05) is 309 Å². The van der Waals surface area contributed by atoms with E-state index in [0.717, 1.165) is 111 Å². The average molecular weight is 1510 g/mol. The van der Waals surface area contributed by atoms with Gasteiger partial charge in [0.25, 0.3) is 0 Å². The summed E-state index contributed by atoms with van der Waals surface area (Å²) < 4.78 is 19.1. The first-order valence-corrected chi connectivity index (χ1v) is 41.4. The molecule has 0 unspecified atom stereocenters. The van der Waals surface area contributed by atoms with Crippen molar-refractivity contribution < 1.29 is 8.83 Å². The number of para-hydroxylation sites is 3. The fraction of sp³-hybridized carbons (Fsp3) is 0. The molecule has 0 atom stereocenters. The first-order chi connectivity index (χ1) is 58.5. The molecule has 3 nitrogen and oxygen atoms in total. The number of hydrogen-bond donors (Lipinski definition) is 0. The lowest BCUT2D eigenvalue weighted by atomic mass is 9.81.